The van der Waals surface area contributed by atoms with Gasteiger partial charge in [-0.2, -0.15) is 0 Å². The Balaban J connectivity index is 1.49. The van der Waals surface area contributed by atoms with Gasteiger partial charge in [0.2, 0.25) is 0 Å². The number of nitrogens with zero attached hydrogens (tertiary/aromatic N) is 1. The van der Waals surface area contributed by atoms with E-state index in [0.29, 0.717) is 35.7 Å². The Labute approximate surface area is 219 Å². The molecular weight excluding hydrogens is 516 g/mol. The topological polar surface area (TPSA) is 58.6 Å². The molecule has 4 rings (SSSR count). The highest BCUT2D eigenvalue weighted by Gasteiger charge is 2.20. The fraction of sp³-hybridized carbons (Fsp3) is 0.133. The van der Waals surface area contributed by atoms with Crippen LogP contribution in [0.25, 0.3) is 0 Å². The number of anilines is 1. The molecule has 0 aliphatic heterocycles. The number of hydrogen-bond donors (Lipinski definition) is 1. The lowest BCUT2D eigenvalue weighted by molar-refractivity contribution is 0.0786. The molecule has 0 atom stereocenters. The van der Waals surface area contributed by atoms with E-state index in [1.165, 1.54) is 0 Å². The molecule has 4 aromatic rings. The van der Waals surface area contributed by atoms with Crippen LogP contribution in [0.3, 0.4) is 0 Å². The van der Waals surface area contributed by atoms with Crippen molar-refractivity contribution in [3.63, 3.8) is 0 Å². The summed E-state index contributed by atoms with van der Waals surface area (Å²) in [5.41, 5.74) is 3.44. The summed E-state index contributed by atoms with van der Waals surface area (Å²) in [5, 5.41) is 2.91. The fourth-order valence-electron chi connectivity index (χ4n) is 3.83. The van der Waals surface area contributed by atoms with Gasteiger partial charge in [-0.15, -0.1) is 0 Å². The van der Waals surface area contributed by atoms with Gasteiger partial charge in [0.1, 0.15) is 5.75 Å². The van der Waals surface area contributed by atoms with Crippen molar-refractivity contribution < 1.29 is 14.3 Å². The van der Waals surface area contributed by atoms with E-state index in [1.807, 2.05) is 66.7 Å². The van der Waals surface area contributed by atoms with Crippen LogP contribution in [-0.4, -0.2) is 30.4 Å². The smallest absolute Gasteiger partial charge is 0.259 e. The van der Waals surface area contributed by atoms with Gasteiger partial charge in [-0.3, -0.25) is 9.59 Å². The SMILES string of the molecule is CN(Cc1ccccc1)C(=O)c1ccccc1NC(=O)c1cc(Br)ccc1OCCc1ccccc1. The van der Waals surface area contributed by atoms with Crippen LogP contribution < -0.4 is 10.1 Å². The molecule has 0 spiro atoms. The summed E-state index contributed by atoms with van der Waals surface area (Å²) in [7, 11) is 1.75. The van der Waals surface area contributed by atoms with E-state index in [4.69, 9.17) is 4.74 Å². The largest absolute Gasteiger partial charge is 0.492 e. The van der Waals surface area contributed by atoms with Gasteiger partial charge in [-0.25, -0.2) is 0 Å². The minimum absolute atomic E-state index is 0.177. The van der Waals surface area contributed by atoms with Gasteiger partial charge in [0.15, 0.2) is 0 Å². The van der Waals surface area contributed by atoms with Crippen molar-refractivity contribution in [1.29, 1.82) is 0 Å². The van der Waals surface area contributed by atoms with E-state index in [0.717, 1.165) is 22.0 Å². The summed E-state index contributed by atoms with van der Waals surface area (Å²) in [6.07, 6.45) is 0.725. The zero-order valence-corrected chi connectivity index (χ0v) is 21.6. The lowest BCUT2D eigenvalue weighted by atomic mass is 10.1. The number of hydrogen-bond acceptors (Lipinski definition) is 3. The second-order valence-corrected chi connectivity index (χ2v) is 9.29. The summed E-state index contributed by atoms with van der Waals surface area (Å²) < 4.78 is 6.74. The van der Waals surface area contributed by atoms with Crippen molar-refractivity contribution in [3.8, 4) is 5.75 Å². The Morgan fingerprint density at radius 2 is 1.44 bits per heavy atom. The van der Waals surface area contributed by atoms with Gasteiger partial charge in [0, 0.05) is 24.5 Å². The third-order valence-electron chi connectivity index (χ3n) is 5.69. The maximum Gasteiger partial charge on any atom is 0.259 e. The molecule has 0 aliphatic carbocycles. The van der Waals surface area contributed by atoms with Gasteiger partial charge in [-0.1, -0.05) is 88.7 Å². The molecule has 4 aromatic carbocycles. The van der Waals surface area contributed by atoms with E-state index in [9.17, 15) is 9.59 Å². The molecule has 0 aromatic heterocycles. The molecule has 5 nitrogen and oxygen atoms in total. The summed E-state index contributed by atoms with van der Waals surface area (Å²) in [4.78, 5) is 28.2. The number of carbonyl (C=O) groups excluding carboxylic acids is 2. The second kappa shape index (κ2) is 12.2. The van der Waals surface area contributed by atoms with E-state index >= 15 is 0 Å². The number of rotatable bonds is 9. The number of benzene rings is 4. The van der Waals surface area contributed by atoms with Crippen LogP contribution in [0.2, 0.25) is 0 Å². The van der Waals surface area contributed by atoms with Crippen molar-refractivity contribution in [2.24, 2.45) is 0 Å². The minimum Gasteiger partial charge on any atom is -0.492 e. The molecule has 0 heterocycles. The van der Waals surface area contributed by atoms with E-state index in [2.05, 4.69) is 21.2 Å². The molecule has 6 heteroatoms. The third kappa shape index (κ3) is 6.61. The Hall–Kier alpha value is -3.90. The molecule has 36 heavy (non-hydrogen) atoms. The monoisotopic (exact) mass is 542 g/mol. The summed E-state index contributed by atoms with van der Waals surface area (Å²) in [5.74, 6) is -0.0445. The van der Waals surface area contributed by atoms with Gasteiger partial charge in [0.25, 0.3) is 11.8 Å². The van der Waals surface area contributed by atoms with Crippen LogP contribution in [0.4, 0.5) is 5.69 Å². The van der Waals surface area contributed by atoms with Crippen molar-refractivity contribution in [3.05, 3.63) is 130 Å². The summed E-state index contributed by atoms with van der Waals surface area (Å²) in [6.45, 7) is 0.901. The summed E-state index contributed by atoms with van der Waals surface area (Å²) in [6, 6.07) is 32.2. The van der Waals surface area contributed by atoms with E-state index in [-0.39, 0.29) is 11.8 Å². The quantitative estimate of drug-likeness (QED) is 0.259. The Morgan fingerprint density at radius 1 is 0.806 bits per heavy atom. The van der Waals surface area contributed by atoms with Crippen LogP contribution in [0.5, 0.6) is 5.75 Å². The first-order valence-electron chi connectivity index (χ1n) is 11.7. The average molecular weight is 543 g/mol. The lowest BCUT2D eigenvalue weighted by Gasteiger charge is -2.20. The standard InChI is InChI=1S/C30H27BrN2O3/c1-33(21-23-12-6-3-7-13-23)30(35)25-14-8-9-15-27(25)32-29(34)26-20-24(31)16-17-28(26)36-19-18-22-10-4-2-5-11-22/h2-17,20H,18-19,21H2,1H3,(H,32,34). The van der Waals surface area contributed by atoms with Crippen LogP contribution in [0.1, 0.15) is 31.8 Å². The predicted molar refractivity (Wildman–Crippen MR) is 146 cm³/mol. The van der Waals surface area contributed by atoms with E-state index in [1.54, 1.807) is 48.3 Å². The molecule has 0 fully saturated rings. The number of ether oxygens (including phenoxy) is 1. The molecule has 182 valence electrons. The summed E-state index contributed by atoms with van der Waals surface area (Å²) >= 11 is 3.45. The molecule has 0 saturated heterocycles. The number of amides is 2. The zero-order chi connectivity index (χ0) is 25.3. The molecule has 2 amide bonds. The first-order valence-corrected chi connectivity index (χ1v) is 12.5. The zero-order valence-electron chi connectivity index (χ0n) is 20.0. The van der Waals surface area contributed by atoms with Crippen molar-refractivity contribution in [2.75, 3.05) is 19.0 Å². The minimum atomic E-state index is -0.350. The highest BCUT2D eigenvalue weighted by molar-refractivity contribution is 9.10. The molecule has 0 unspecified atom stereocenters. The first-order chi connectivity index (χ1) is 17.5. The van der Waals surface area contributed by atoms with Crippen molar-refractivity contribution in [1.82, 2.24) is 4.90 Å². The fourth-order valence-corrected chi connectivity index (χ4v) is 4.19. The van der Waals surface area contributed by atoms with Gasteiger partial charge < -0.3 is 15.0 Å². The maximum absolute atomic E-state index is 13.3. The highest BCUT2D eigenvalue weighted by atomic mass is 79.9. The van der Waals surface area contributed by atoms with Crippen LogP contribution in [0, 0.1) is 0 Å². The third-order valence-corrected chi connectivity index (χ3v) is 6.19. The predicted octanol–water partition coefficient (Wildman–Crippen LogP) is 6.60. The van der Waals surface area contributed by atoms with Crippen LogP contribution in [-0.2, 0) is 13.0 Å². The van der Waals surface area contributed by atoms with Crippen LogP contribution in [0.15, 0.2) is 108 Å². The van der Waals surface area contributed by atoms with Gasteiger partial charge in [-0.05, 0) is 41.5 Å². The number of nitrogens with one attached hydrogen (secondary N) is 1. The number of carbonyl (C=O) groups is 2. The van der Waals surface area contributed by atoms with Gasteiger partial charge >= 0.3 is 0 Å². The number of halogens is 1. The molecule has 0 saturated carbocycles. The highest BCUT2D eigenvalue weighted by Crippen LogP contribution is 2.26. The molecular formula is C30H27BrN2O3. The molecule has 0 aliphatic rings. The van der Waals surface area contributed by atoms with Gasteiger partial charge in [0.05, 0.1) is 23.4 Å². The van der Waals surface area contributed by atoms with Crippen LogP contribution >= 0.6 is 15.9 Å². The Morgan fingerprint density at radius 3 is 2.17 bits per heavy atom. The lowest BCUT2D eigenvalue weighted by Crippen LogP contribution is -2.27. The Kier molecular flexibility index (Phi) is 8.53. The molecule has 0 bridgehead atoms. The van der Waals surface area contributed by atoms with Crippen molar-refractivity contribution >= 4 is 33.4 Å². The Bertz CT molecular complexity index is 1330. The maximum atomic E-state index is 13.3. The van der Waals surface area contributed by atoms with E-state index < -0.39 is 0 Å². The molecule has 1 N–H and O–H groups in total. The van der Waals surface area contributed by atoms with Crippen molar-refractivity contribution in [2.45, 2.75) is 13.0 Å². The second-order valence-electron chi connectivity index (χ2n) is 8.37. The molecule has 0 radical (unpaired) electrons. The first kappa shape index (κ1) is 25.2. The normalized spacial score (nSPS) is 10.5. The number of para-hydroxylation sites is 1. The average Bonchev–Trinajstić information content (AvgIpc) is 2.90.